The van der Waals surface area contributed by atoms with Gasteiger partial charge >= 0.3 is 0 Å². The first-order chi connectivity index (χ1) is 6.24. The second kappa shape index (κ2) is 7.25. The van der Waals surface area contributed by atoms with Crippen LogP contribution < -0.4 is 5.32 Å². The molecule has 1 amide bonds. The Morgan fingerprint density at radius 1 is 1.54 bits per heavy atom. The largest absolute Gasteiger partial charge is 0.342 e. The maximum atomic E-state index is 11.1. The lowest BCUT2D eigenvalue weighted by molar-refractivity contribution is -0.121. The standard InChI is InChI=1S/C11H15NO/c1-4-7-9-11(13)12-10(6-3)8-5-2/h1,3,10H,5,7-9H2,2H3,(H,12,13). The predicted molar refractivity (Wildman–Crippen MR) is 53.7 cm³/mol. The van der Waals surface area contributed by atoms with E-state index in [1.165, 1.54) is 0 Å². The number of nitrogens with one attached hydrogen (secondary N) is 1. The first kappa shape index (κ1) is 11.6. The zero-order valence-electron chi connectivity index (χ0n) is 7.97. The summed E-state index contributed by atoms with van der Waals surface area (Å²) in [5.41, 5.74) is 0. The lowest BCUT2D eigenvalue weighted by Gasteiger charge is -2.10. The third-order valence-electron chi connectivity index (χ3n) is 1.61. The first-order valence-electron chi connectivity index (χ1n) is 4.43. The van der Waals surface area contributed by atoms with Gasteiger partial charge in [0.2, 0.25) is 5.91 Å². The molecule has 0 saturated heterocycles. The summed E-state index contributed by atoms with van der Waals surface area (Å²) in [7, 11) is 0. The third kappa shape index (κ3) is 5.82. The molecule has 0 saturated carbocycles. The maximum Gasteiger partial charge on any atom is 0.221 e. The van der Waals surface area contributed by atoms with Crippen LogP contribution >= 0.6 is 0 Å². The summed E-state index contributed by atoms with van der Waals surface area (Å²) in [4.78, 5) is 11.1. The van der Waals surface area contributed by atoms with Crippen LogP contribution in [-0.2, 0) is 4.79 Å². The van der Waals surface area contributed by atoms with Gasteiger partial charge in [-0.05, 0) is 6.42 Å². The van der Waals surface area contributed by atoms with E-state index in [9.17, 15) is 4.79 Å². The van der Waals surface area contributed by atoms with Crippen molar-refractivity contribution in [1.82, 2.24) is 5.32 Å². The molecular weight excluding hydrogens is 162 g/mol. The highest BCUT2D eigenvalue weighted by molar-refractivity contribution is 5.76. The summed E-state index contributed by atoms with van der Waals surface area (Å²) in [6.07, 6.45) is 12.9. The monoisotopic (exact) mass is 177 g/mol. The molecule has 1 N–H and O–H groups in total. The normalized spacial score (nSPS) is 11.0. The first-order valence-corrected chi connectivity index (χ1v) is 4.43. The number of hydrogen-bond acceptors (Lipinski definition) is 1. The minimum Gasteiger partial charge on any atom is -0.342 e. The molecule has 13 heavy (non-hydrogen) atoms. The van der Waals surface area contributed by atoms with E-state index in [0.717, 1.165) is 12.8 Å². The number of carbonyl (C=O) groups excluding carboxylic acids is 1. The number of rotatable bonds is 5. The molecule has 0 aromatic heterocycles. The molecule has 0 bridgehead atoms. The molecule has 0 aliphatic heterocycles. The second-order valence-corrected chi connectivity index (χ2v) is 2.78. The molecular formula is C11H15NO. The highest BCUT2D eigenvalue weighted by Gasteiger charge is 2.06. The van der Waals surface area contributed by atoms with Crippen LogP contribution in [-0.4, -0.2) is 11.9 Å². The van der Waals surface area contributed by atoms with Crippen LogP contribution in [0, 0.1) is 24.7 Å². The van der Waals surface area contributed by atoms with Gasteiger partial charge in [-0.15, -0.1) is 18.8 Å². The quantitative estimate of drug-likeness (QED) is 0.630. The zero-order chi connectivity index (χ0) is 10.1. The van der Waals surface area contributed by atoms with E-state index in [0.29, 0.717) is 12.8 Å². The van der Waals surface area contributed by atoms with E-state index in [1.54, 1.807) is 0 Å². The van der Waals surface area contributed by atoms with Crippen molar-refractivity contribution in [2.45, 2.75) is 38.6 Å². The summed E-state index contributed by atoms with van der Waals surface area (Å²) >= 11 is 0. The molecule has 70 valence electrons. The van der Waals surface area contributed by atoms with Crippen LogP contribution in [0.2, 0.25) is 0 Å². The van der Waals surface area contributed by atoms with Crippen LogP contribution in [0.4, 0.5) is 0 Å². The van der Waals surface area contributed by atoms with Gasteiger partial charge in [0.25, 0.3) is 0 Å². The van der Waals surface area contributed by atoms with Gasteiger partial charge in [-0.3, -0.25) is 4.79 Å². The van der Waals surface area contributed by atoms with Gasteiger partial charge in [-0.25, -0.2) is 0 Å². The van der Waals surface area contributed by atoms with Crippen molar-refractivity contribution in [2.24, 2.45) is 0 Å². The van der Waals surface area contributed by atoms with Crippen molar-refractivity contribution < 1.29 is 4.79 Å². The summed E-state index contributed by atoms with van der Waals surface area (Å²) in [5, 5.41) is 2.73. The third-order valence-corrected chi connectivity index (χ3v) is 1.61. The van der Waals surface area contributed by atoms with Gasteiger partial charge < -0.3 is 5.32 Å². The number of carbonyl (C=O) groups is 1. The van der Waals surface area contributed by atoms with Crippen LogP contribution in [0.1, 0.15) is 32.6 Å². The fraction of sp³-hybridized carbons (Fsp3) is 0.545. The minimum absolute atomic E-state index is 0.0608. The lowest BCUT2D eigenvalue weighted by Crippen LogP contribution is -2.33. The molecule has 0 heterocycles. The molecule has 0 rings (SSSR count). The Labute approximate surface area is 80.1 Å². The van der Waals surface area contributed by atoms with E-state index >= 15 is 0 Å². The molecule has 0 aromatic carbocycles. The molecule has 2 nitrogen and oxygen atoms in total. The van der Waals surface area contributed by atoms with Gasteiger partial charge in [0, 0.05) is 12.8 Å². The smallest absolute Gasteiger partial charge is 0.221 e. The Morgan fingerprint density at radius 2 is 2.23 bits per heavy atom. The van der Waals surface area contributed by atoms with E-state index in [4.69, 9.17) is 12.8 Å². The average molecular weight is 177 g/mol. The molecule has 0 spiro atoms. The van der Waals surface area contributed by atoms with Crippen molar-refractivity contribution in [2.75, 3.05) is 0 Å². The Bertz CT molecular complexity index is 231. The molecule has 0 aliphatic carbocycles. The highest BCUT2D eigenvalue weighted by atomic mass is 16.1. The molecule has 1 atom stereocenters. The van der Waals surface area contributed by atoms with Gasteiger partial charge in [0.15, 0.2) is 0 Å². The molecule has 2 heteroatoms. The van der Waals surface area contributed by atoms with Crippen molar-refractivity contribution in [3.8, 4) is 24.7 Å². The van der Waals surface area contributed by atoms with Crippen LogP contribution in [0.15, 0.2) is 0 Å². The number of amides is 1. The molecule has 0 fully saturated rings. The summed E-state index contributed by atoms with van der Waals surface area (Å²) in [6.45, 7) is 2.03. The molecule has 0 aromatic rings. The minimum atomic E-state index is -0.143. The molecule has 0 aliphatic rings. The Hall–Kier alpha value is -1.41. The average Bonchev–Trinajstić information content (AvgIpc) is 2.14. The van der Waals surface area contributed by atoms with Crippen LogP contribution in [0.25, 0.3) is 0 Å². The Kier molecular flexibility index (Phi) is 6.46. The molecule has 1 unspecified atom stereocenters. The SMILES string of the molecule is C#CCCC(=O)NC(C#C)CCC. The fourth-order valence-electron chi connectivity index (χ4n) is 0.938. The second-order valence-electron chi connectivity index (χ2n) is 2.78. The molecule has 0 radical (unpaired) electrons. The Morgan fingerprint density at radius 3 is 2.69 bits per heavy atom. The zero-order valence-corrected chi connectivity index (χ0v) is 7.97. The number of hydrogen-bond donors (Lipinski definition) is 1. The Balaban J connectivity index is 3.76. The maximum absolute atomic E-state index is 11.1. The van der Waals surface area contributed by atoms with Crippen LogP contribution in [0.3, 0.4) is 0 Å². The van der Waals surface area contributed by atoms with Crippen LogP contribution in [0.5, 0.6) is 0 Å². The van der Waals surface area contributed by atoms with E-state index in [-0.39, 0.29) is 11.9 Å². The van der Waals surface area contributed by atoms with Gasteiger partial charge in [0.05, 0.1) is 6.04 Å². The fourth-order valence-corrected chi connectivity index (χ4v) is 0.938. The predicted octanol–water partition coefficient (Wildman–Crippen LogP) is 1.32. The summed E-state index contributed by atoms with van der Waals surface area (Å²) < 4.78 is 0. The number of terminal acetylenes is 2. The van der Waals surface area contributed by atoms with Crippen molar-refractivity contribution in [3.05, 3.63) is 0 Å². The van der Waals surface area contributed by atoms with Crippen molar-refractivity contribution in [1.29, 1.82) is 0 Å². The van der Waals surface area contributed by atoms with E-state index < -0.39 is 0 Å². The van der Waals surface area contributed by atoms with E-state index in [1.807, 2.05) is 6.92 Å². The summed E-state index contributed by atoms with van der Waals surface area (Å²) in [5.74, 6) is 4.88. The van der Waals surface area contributed by atoms with Crippen molar-refractivity contribution >= 4 is 5.91 Å². The highest BCUT2D eigenvalue weighted by Crippen LogP contribution is 1.96. The van der Waals surface area contributed by atoms with Gasteiger partial charge in [0.1, 0.15) is 0 Å². The van der Waals surface area contributed by atoms with Crippen molar-refractivity contribution in [3.63, 3.8) is 0 Å². The van der Waals surface area contributed by atoms with Gasteiger partial charge in [-0.1, -0.05) is 19.3 Å². The van der Waals surface area contributed by atoms with Gasteiger partial charge in [-0.2, -0.15) is 0 Å². The topological polar surface area (TPSA) is 29.1 Å². The van der Waals surface area contributed by atoms with E-state index in [2.05, 4.69) is 17.2 Å². The lowest BCUT2D eigenvalue weighted by atomic mass is 10.1. The summed E-state index contributed by atoms with van der Waals surface area (Å²) in [6, 6.07) is -0.143.